The highest BCUT2D eigenvalue weighted by molar-refractivity contribution is 5.64. The molecule has 0 radical (unpaired) electrons. The molecule has 0 atom stereocenters. The van der Waals surface area contributed by atoms with Crippen LogP contribution < -0.4 is 11.1 Å². The van der Waals surface area contributed by atoms with Crippen LogP contribution in [0.25, 0.3) is 11.3 Å². The van der Waals surface area contributed by atoms with Crippen LogP contribution in [-0.2, 0) is 0 Å². The van der Waals surface area contributed by atoms with Crippen LogP contribution in [0.3, 0.4) is 0 Å². The second kappa shape index (κ2) is 5.63. The number of benzene rings is 2. The van der Waals surface area contributed by atoms with E-state index < -0.39 is 0 Å². The summed E-state index contributed by atoms with van der Waals surface area (Å²) in [6.45, 7) is 1.98. The molecular formula is C17H16N4. The Morgan fingerprint density at radius 2 is 1.81 bits per heavy atom. The minimum Gasteiger partial charge on any atom is -0.398 e. The van der Waals surface area contributed by atoms with Crippen molar-refractivity contribution in [1.82, 2.24) is 9.97 Å². The van der Waals surface area contributed by atoms with Gasteiger partial charge in [0, 0.05) is 23.1 Å². The van der Waals surface area contributed by atoms with Crippen LogP contribution in [0.4, 0.5) is 17.3 Å². The fourth-order valence-electron chi connectivity index (χ4n) is 2.04. The first-order valence-corrected chi connectivity index (χ1v) is 6.74. The first kappa shape index (κ1) is 13.1. The number of nitrogen functional groups attached to an aromatic ring is 1. The predicted octanol–water partition coefficient (Wildman–Crippen LogP) is 3.78. The van der Waals surface area contributed by atoms with Crippen molar-refractivity contribution in [3.05, 3.63) is 66.4 Å². The van der Waals surface area contributed by atoms with E-state index in [1.807, 2.05) is 61.5 Å². The van der Waals surface area contributed by atoms with Crippen LogP contribution in [0.1, 0.15) is 5.56 Å². The Morgan fingerprint density at radius 1 is 1.00 bits per heavy atom. The summed E-state index contributed by atoms with van der Waals surface area (Å²) in [5.41, 5.74) is 10.5. The molecule has 2 aromatic carbocycles. The lowest BCUT2D eigenvalue weighted by atomic mass is 10.1. The highest BCUT2D eigenvalue weighted by atomic mass is 15.1. The number of nitrogens with zero attached hydrogens (tertiary/aromatic N) is 2. The van der Waals surface area contributed by atoms with E-state index in [-0.39, 0.29) is 0 Å². The van der Waals surface area contributed by atoms with Gasteiger partial charge in [0.05, 0.1) is 5.69 Å². The second-order valence-corrected chi connectivity index (χ2v) is 4.83. The second-order valence-electron chi connectivity index (χ2n) is 4.83. The molecule has 0 bridgehead atoms. The van der Waals surface area contributed by atoms with Gasteiger partial charge in [0.15, 0.2) is 0 Å². The Morgan fingerprint density at radius 3 is 2.57 bits per heavy atom. The van der Waals surface area contributed by atoms with Gasteiger partial charge in [-0.15, -0.1) is 0 Å². The third kappa shape index (κ3) is 3.00. The molecule has 0 fully saturated rings. The van der Waals surface area contributed by atoms with Gasteiger partial charge in [-0.25, -0.2) is 9.97 Å². The van der Waals surface area contributed by atoms with Crippen molar-refractivity contribution >= 4 is 17.3 Å². The van der Waals surface area contributed by atoms with E-state index in [0.29, 0.717) is 5.95 Å². The molecule has 1 aromatic heterocycles. The average Bonchev–Trinajstić information content (AvgIpc) is 2.52. The number of rotatable bonds is 3. The summed E-state index contributed by atoms with van der Waals surface area (Å²) in [7, 11) is 0. The zero-order valence-corrected chi connectivity index (χ0v) is 11.7. The van der Waals surface area contributed by atoms with Crippen LogP contribution in [0, 0.1) is 6.92 Å². The molecule has 3 N–H and O–H groups in total. The van der Waals surface area contributed by atoms with Crippen LogP contribution in [0.5, 0.6) is 0 Å². The number of nitrogens with two attached hydrogens (primary N) is 1. The quantitative estimate of drug-likeness (QED) is 0.715. The third-order valence-corrected chi connectivity index (χ3v) is 3.26. The number of nitrogens with one attached hydrogen (secondary N) is 1. The summed E-state index contributed by atoms with van der Waals surface area (Å²) < 4.78 is 0. The molecule has 0 saturated heterocycles. The fraction of sp³-hybridized carbons (Fsp3) is 0.0588. The summed E-state index contributed by atoms with van der Waals surface area (Å²) in [6, 6.07) is 17.7. The van der Waals surface area contributed by atoms with Crippen LogP contribution in [0.15, 0.2) is 60.8 Å². The minimum atomic E-state index is 0.555. The summed E-state index contributed by atoms with van der Waals surface area (Å²) in [4.78, 5) is 8.78. The van der Waals surface area contributed by atoms with Crippen molar-refractivity contribution < 1.29 is 0 Å². The van der Waals surface area contributed by atoms with Crippen LogP contribution in [0.2, 0.25) is 0 Å². The van der Waals surface area contributed by atoms with Gasteiger partial charge in [-0.1, -0.05) is 36.4 Å². The van der Waals surface area contributed by atoms with Gasteiger partial charge in [-0.2, -0.15) is 0 Å². The van der Waals surface area contributed by atoms with Crippen LogP contribution in [-0.4, -0.2) is 9.97 Å². The molecule has 104 valence electrons. The summed E-state index contributed by atoms with van der Waals surface area (Å²) in [5.74, 6) is 0.555. The largest absolute Gasteiger partial charge is 0.398 e. The number of hydrogen-bond donors (Lipinski definition) is 2. The molecule has 0 aliphatic carbocycles. The van der Waals surface area contributed by atoms with Crippen molar-refractivity contribution in [2.24, 2.45) is 0 Å². The van der Waals surface area contributed by atoms with Gasteiger partial charge in [-0.3, -0.25) is 0 Å². The van der Waals surface area contributed by atoms with Crippen molar-refractivity contribution in [3.63, 3.8) is 0 Å². The maximum absolute atomic E-state index is 5.91. The van der Waals surface area contributed by atoms with E-state index in [0.717, 1.165) is 28.2 Å². The number of aryl methyl sites for hydroxylation is 1. The molecule has 4 nitrogen and oxygen atoms in total. The lowest BCUT2D eigenvalue weighted by Gasteiger charge is -2.08. The Balaban J connectivity index is 1.88. The maximum Gasteiger partial charge on any atom is 0.227 e. The van der Waals surface area contributed by atoms with Gasteiger partial charge in [0.1, 0.15) is 0 Å². The predicted molar refractivity (Wildman–Crippen MR) is 86.3 cm³/mol. The molecule has 4 heteroatoms. The van der Waals surface area contributed by atoms with Gasteiger partial charge in [-0.05, 0) is 30.7 Å². The average molecular weight is 276 g/mol. The van der Waals surface area contributed by atoms with E-state index in [1.165, 1.54) is 0 Å². The lowest BCUT2D eigenvalue weighted by Crippen LogP contribution is -1.99. The van der Waals surface area contributed by atoms with Crippen molar-refractivity contribution in [1.29, 1.82) is 0 Å². The lowest BCUT2D eigenvalue weighted by molar-refractivity contribution is 1.17. The SMILES string of the molecule is Cc1ccc(Nc2nccc(-c3ccccc3)n2)cc1N. The normalized spacial score (nSPS) is 10.3. The fourth-order valence-corrected chi connectivity index (χ4v) is 2.04. The molecule has 0 saturated carbocycles. The third-order valence-electron chi connectivity index (χ3n) is 3.26. The summed E-state index contributed by atoms with van der Waals surface area (Å²) in [5, 5.41) is 3.18. The Bertz CT molecular complexity index is 754. The molecular weight excluding hydrogens is 260 g/mol. The maximum atomic E-state index is 5.91. The van der Waals surface area contributed by atoms with Gasteiger partial charge >= 0.3 is 0 Å². The first-order chi connectivity index (χ1) is 10.2. The summed E-state index contributed by atoms with van der Waals surface area (Å²) >= 11 is 0. The highest BCUT2D eigenvalue weighted by Gasteiger charge is 2.03. The van der Waals surface area contributed by atoms with Crippen LogP contribution >= 0.6 is 0 Å². The smallest absolute Gasteiger partial charge is 0.227 e. The molecule has 21 heavy (non-hydrogen) atoms. The van der Waals surface area contributed by atoms with Crippen molar-refractivity contribution in [2.45, 2.75) is 6.92 Å². The van der Waals surface area contributed by atoms with E-state index in [1.54, 1.807) is 6.20 Å². The Kier molecular flexibility index (Phi) is 3.51. The highest BCUT2D eigenvalue weighted by Crippen LogP contribution is 2.21. The zero-order chi connectivity index (χ0) is 14.7. The van der Waals surface area contributed by atoms with E-state index in [2.05, 4.69) is 15.3 Å². The van der Waals surface area contributed by atoms with Gasteiger partial charge in [0.25, 0.3) is 0 Å². The van der Waals surface area contributed by atoms with Crippen molar-refractivity contribution in [2.75, 3.05) is 11.1 Å². The Hall–Kier alpha value is -2.88. The van der Waals surface area contributed by atoms with Gasteiger partial charge in [0.2, 0.25) is 5.95 Å². The van der Waals surface area contributed by atoms with E-state index >= 15 is 0 Å². The van der Waals surface area contributed by atoms with Crippen molar-refractivity contribution in [3.8, 4) is 11.3 Å². The molecule has 0 unspecified atom stereocenters. The molecule has 0 amide bonds. The number of aromatic nitrogens is 2. The zero-order valence-electron chi connectivity index (χ0n) is 11.7. The molecule has 0 aliphatic heterocycles. The molecule has 0 aliphatic rings. The Labute approximate surface area is 123 Å². The van der Waals surface area contributed by atoms with E-state index in [9.17, 15) is 0 Å². The molecule has 3 rings (SSSR count). The number of hydrogen-bond acceptors (Lipinski definition) is 4. The molecule has 0 spiro atoms. The molecule has 3 aromatic rings. The van der Waals surface area contributed by atoms with Gasteiger partial charge < -0.3 is 11.1 Å². The topological polar surface area (TPSA) is 63.8 Å². The monoisotopic (exact) mass is 276 g/mol. The first-order valence-electron chi connectivity index (χ1n) is 6.74. The van der Waals surface area contributed by atoms with E-state index in [4.69, 9.17) is 5.73 Å². The summed E-state index contributed by atoms with van der Waals surface area (Å²) in [6.07, 6.45) is 1.75. The minimum absolute atomic E-state index is 0.555. The molecule has 1 heterocycles. The standard InChI is InChI=1S/C17H16N4/c1-12-7-8-14(11-15(12)18)20-17-19-10-9-16(21-17)13-5-3-2-4-6-13/h2-11H,18H2,1H3,(H,19,20,21). The number of anilines is 3.